The molecule has 19 heavy (non-hydrogen) atoms. The van der Waals surface area contributed by atoms with Crippen molar-refractivity contribution in [3.63, 3.8) is 0 Å². The van der Waals surface area contributed by atoms with Gasteiger partial charge in [-0.15, -0.1) is 0 Å². The van der Waals surface area contributed by atoms with Crippen LogP contribution in [-0.2, 0) is 0 Å². The lowest BCUT2D eigenvalue weighted by molar-refractivity contribution is 1.22. The number of hydrogen-bond donors (Lipinski definition) is 1. The summed E-state index contributed by atoms with van der Waals surface area (Å²) >= 11 is 0. The molecule has 1 heteroatoms. The fourth-order valence-corrected chi connectivity index (χ4v) is 2.06. The van der Waals surface area contributed by atoms with Gasteiger partial charge in [-0.05, 0) is 34.9 Å². The Morgan fingerprint density at radius 3 is 2.16 bits per heavy atom. The lowest BCUT2D eigenvalue weighted by atomic mass is 10.0. The summed E-state index contributed by atoms with van der Waals surface area (Å²) in [5, 5.41) is 3.27. The summed E-state index contributed by atoms with van der Waals surface area (Å²) in [5.74, 6) is 0. The van der Waals surface area contributed by atoms with Crippen LogP contribution in [0.5, 0.6) is 0 Å². The maximum Gasteiger partial charge on any atom is 0.0453 e. The highest BCUT2D eigenvalue weighted by Crippen LogP contribution is 2.21. The monoisotopic (exact) mass is 244 g/mol. The first-order chi connectivity index (χ1) is 9.43. The molecule has 0 bridgehead atoms. The molecule has 0 aliphatic carbocycles. The van der Waals surface area contributed by atoms with Crippen molar-refractivity contribution in [1.82, 2.24) is 5.32 Å². The number of allylic oxidation sites excluding steroid dienone is 4. The van der Waals surface area contributed by atoms with Crippen molar-refractivity contribution in [1.29, 1.82) is 0 Å². The van der Waals surface area contributed by atoms with Gasteiger partial charge < -0.3 is 5.32 Å². The third-order valence-electron chi connectivity index (χ3n) is 3.07. The second kappa shape index (κ2) is 5.40. The number of hydrogen-bond acceptors (Lipinski definition) is 1. The van der Waals surface area contributed by atoms with Crippen molar-refractivity contribution in [2.24, 2.45) is 0 Å². The standard InChI is InChI=1S/C18H14N/c1-3-7-15(8-4-1)16-10-12-17(13-11-16)18-9-5-2-6-14-19-18/h2-14,19H. The minimum atomic E-state index is 1.11. The summed E-state index contributed by atoms with van der Waals surface area (Å²) < 4.78 is 0. The lowest BCUT2D eigenvalue weighted by Gasteiger charge is -2.08. The van der Waals surface area contributed by atoms with E-state index < -0.39 is 0 Å². The Balaban J connectivity index is 1.89. The molecule has 0 spiro atoms. The van der Waals surface area contributed by atoms with E-state index in [2.05, 4.69) is 53.9 Å². The third-order valence-corrected chi connectivity index (χ3v) is 3.07. The first-order valence-corrected chi connectivity index (χ1v) is 6.30. The smallest absolute Gasteiger partial charge is 0.0453 e. The highest BCUT2D eigenvalue weighted by molar-refractivity contribution is 5.71. The second-order valence-corrected chi connectivity index (χ2v) is 4.33. The summed E-state index contributed by atoms with van der Waals surface area (Å²) in [6.07, 6.45) is 10.0. The van der Waals surface area contributed by atoms with Gasteiger partial charge in [0.25, 0.3) is 0 Å². The van der Waals surface area contributed by atoms with E-state index in [1.807, 2.05) is 36.6 Å². The van der Waals surface area contributed by atoms with E-state index in [0.717, 1.165) is 5.70 Å². The van der Waals surface area contributed by atoms with E-state index in [0.29, 0.717) is 0 Å². The largest absolute Gasteiger partial charge is 0.361 e. The lowest BCUT2D eigenvalue weighted by Crippen LogP contribution is -2.02. The van der Waals surface area contributed by atoms with Gasteiger partial charge >= 0.3 is 0 Å². The molecular weight excluding hydrogens is 230 g/mol. The Hall–Kier alpha value is -2.54. The Morgan fingerprint density at radius 2 is 1.37 bits per heavy atom. The van der Waals surface area contributed by atoms with Crippen LogP contribution in [0.3, 0.4) is 0 Å². The van der Waals surface area contributed by atoms with Crippen LogP contribution in [0.4, 0.5) is 0 Å². The van der Waals surface area contributed by atoms with Crippen LogP contribution in [0.1, 0.15) is 5.56 Å². The molecule has 2 aromatic carbocycles. The average molecular weight is 244 g/mol. The molecule has 0 atom stereocenters. The van der Waals surface area contributed by atoms with Gasteiger partial charge in [-0.2, -0.15) is 0 Å². The Bertz CT molecular complexity index is 631. The zero-order valence-corrected chi connectivity index (χ0v) is 10.5. The zero-order chi connectivity index (χ0) is 12.9. The van der Waals surface area contributed by atoms with Crippen molar-refractivity contribution in [3.05, 3.63) is 90.7 Å². The molecule has 1 aliphatic heterocycles. The predicted molar refractivity (Wildman–Crippen MR) is 80.1 cm³/mol. The van der Waals surface area contributed by atoms with Gasteiger partial charge in [0, 0.05) is 11.9 Å². The summed E-state index contributed by atoms with van der Waals surface area (Å²) in [5.41, 5.74) is 4.73. The normalized spacial score (nSPS) is 13.6. The van der Waals surface area contributed by atoms with E-state index in [-0.39, 0.29) is 0 Å². The van der Waals surface area contributed by atoms with Crippen molar-refractivity contribution in [2.75, 3.05) is 0 Å². The molecule has 1 radical (unpaired) electrons. The van der Waals surface area contributed by atoms with Crippen molar-refractivity contribution < 1.29 is 0 Å². The van der Waals surface area contributed by atoms with Crippen molar-refractivity contribution in [3.8, 4) is 11.1 Å². The van der Waals surface area contributed by atoms with Gasteiger partial charge in [-0.25, -0.2) is 0 Å². The maximum atomic E-state index is 3.27. The minimum Gasteiger partial charge on any atom is -0.361 e. The SMILES string of the molecule is [c]1ccc(-c2ccc(C3=CC=CC=CN3)cc2)cc1. The number of benzene rings is 2. The molecule has 1 heterocycles. The van der Waals surface area contributed by atoms with Gasteiger partial charge in [0.15, 0.2) is 0 Å². The van der Waals surface area contributed by atoms with Gasteiger partial charge in [-0.3, -0.25) is 0 Å². The summed E-state index contributed by atoms with van der Waals surface area (Å²) in [7, 11) is 0. The quantitative estimate of drug-likeness (QED) is 0.836. The topological polar surface area (TPSA) is 12.0 Å². The molecule has 0 amide bonds. The molecule has 0 saturated heterocycles. The van der Waals surface area contributed by atoms with E-state index >= 15 is 0 Å². The maximum absolute atomic E-state index is 3.27. The Kier molecular flexibility index (Phi) is 3.28. The van der Waals surface area contributed by atoms with E-state index in [4.69, 9.17) is 0 Å². The van der Waals surface area contributed by atoms with Crippen molar-refractivity contribution in [2.45, 2.75) is 0 Å². The molecule has 0 unspecified atom stereocenters. The van der Waals surface area contributed by atoms with Gasteiger partial charge in [0.1, 0.15) is 0 Å². The van der Waals surface area contributed by atoms with Crippen LogP contribution >= 0.6 is 0 Å². The summed E-state index contributed by atoms with van der Waals surface area (Å²) in [4.78, 5) is 0. The molecule has 1 aliphatic rings. The Labute approximate surface area is 113 Å². The molecule has 2 aromatic rings. The molecule has 0 aromatic heterocycles. The van der Waals surface area contributed by atoms with Crippen LogP contribution in [-0.4, -0.2) is 0 Å². The average Bonchev–Trinajstić information content (AvgIpc) is 2.77. The first kappa shape index (κ1) is 11.5. The van der Waals surface area contributed by atoms with Crippen molar-refractivity contribution >= 4 is 5.70 Å². The second-order valence-electron chi connectivity index (χ2n) is 4.33. The van der Waals surface area contributed by atoms with Crippen LogP contribution in [0, 0.1) is 6.07 Å². The zero-order valence-electron chi connectivity index (χ0n) is 10.5. The molecule has 0 saturated carbocycles. The summed E-state index contributed by atoms with van der Waals surface area (Å²) in [6, 6.07) is 19.6. The van der Waals surface area contributed by atoms with Crippen LogP contribution < -0.4 is 5.32 Å². The van der Waals surface area contributed by atoms with Crippen LogP contribution in [0.2, 0.25) is 0 Å². The van der Waals surface area contributed by atoms with Crippen LogP contribution in [0.25, 0.3) is 16.8 Å². The summed E-state index contributed by atoms with van der Waals surface area (Å²) in [6.45, 7) is 0. The highest BCUT2D eigenvalue weighted by Gasteiger charge is 2.01. The number of nitrogens with one attached hydrogen (secondary N) is 1. The predicted octanol–water partition coefficient (Wildman–Crippen LogP) is 4.17. The fraction of sp³-hybridized carbons (Fsp3) is 0. The van der Waals surface area contributed by atoms with Crippen LogP contribution in [0.15, 0.2) is 79.0 Å². The van der Waals surface area contributed by atoms with E-state index in [9.17, 15) is 0 Å². The van der Waals surface area contributed by atoms with Gasteiger partial charge in [0.05, 0.1) is 0 Å². The molecule has 91 valence electrons. The third kappa shape index (κ3) is 2.66. The minimum absolute atomic E-state index is 1.11. The highest BCUT2D eigenvalue weighted by atomic mass is 14.8. The van der Waals surface area contributed by atoms with E-state index in [1.54, 1.807) is 0 Å². The number of rotatable bonds is 2. The van der Waals surface area contributed by atoms with Gasteiger partial charge in [0.2, 0.25) is 0 Å². The first-order valence-electron chi connectivity index (χ1n) is 6.30. The molecule has 1 N–H and O–H groups in total. The van der Waals surface area contributed by atoms with E-state index in [1.165, 1.54) is 16.7 Å². The molecular formula is C18H14N. The molecule has 1 nitrogen and oxygen atoms in total. The molecule has 0 fully saturated rings. The molecule has 3 rings (SSSR count). The Morgan fingerprint density at radius 1 is 0.684 bits per heavy atom. The van der Waals surface area contributed by atoms with Gasteiger partial charge in [-0.1, -0.05) is 60.7 Å². The fourth-order valence-electron chi connectivity index (χ4n) is 2.06.